The van der Waals surface area contributed by atoms with Crippen LogP contribution in [0.15, 0.2) is 53.5 Å². The summed E-state index contributed by atoms with van der Waals surface area (Å²) in [5, 5.41) is 5.17. The van der Waals surface area contributed by atoms with Crippen LogP contribution in [0.1, 0.15) is 17.0 Å². The number of nitrogens with zero attached hydrogens (tertiary/aromatic N) is 4. The van der Waals surface area contributed by atoms with Gasteiger partial charge in [-0.2, -0.15) is 5.10 Å². The van der Waals surface area contributed by atoms with Crippen molar-refractivity contribution in [3.8, 4) is 5.69 Å². The van der Waals surface area contributed by atoms with E-state index in [0.29, 0.717) is 16.3 Å². The molecular weight excluding hydrogens is 328 g/mol. The molecule has 2 aromatic carbocycles. The zero-order chi connectivity index (χ0) is 16.0. The van der Waals surface area contributed by atoms with Crippen molar-refractivity contribution in [3.63, 3.8) is 0 Å². The van der Waals surface area contributed by atoms with Crippen molar-refractivity contribution in [2.75, 3.05) is 0 Å². The molecule has 4 rings (SSSR count). The molecule has 0 saturated carbocycles. The molecule has 1 aliphatic rings. The van der Waals surface area contributed by atoms with E-state index in [1.807, 2.05) is 60.1 Å². The van der Waals surface area contributed by atoms with Crippen molar-refractivity contribution in [2.24, 2.45) is 12.0 Å². The van der Waals surface area contributed by atoms with Crippen LogP contribution in [0.25, 0.3) is 5.69 Å². The average Bonchev–Trinajstić information content (AvgIpc) is 2.75. The van der Waals surface area contributed by atoms with Gasteiger partial charge in [0.1, 0.15) is 6.54 Å². The molecule has 0 bridgehead atoms. The minimum Gasteiger partial charge on any atom is -0.276 e. The molecule has 2 heterocycles. The second-order valence-corrected chi connectivity index (χ2v) is 6.15. The maximum atomic E-state index is 6.24. The van der Waals surface area contributed by atoms with Gasteiger partial charge in [-0.05, 0) is 30.4 Å². The quantitative estimate of drug-likeness (QED) is 0.629. The first-order chi connectivity index (χ1) is 11.1. The van der Waals surface area contributed by atoms with Gasteiger partial charge >= 0.3 is 0 Å². The maximum absolute atomic E-state index is 6.24. The van der Waals surface area contributed by atoms with Gasteiger partial charge in [0.05, 0.1) is 11.4 Å². The largest absolute Gasteiger partial charge is 0.276 e. The molecule has 4 nitrogen and oxygen atoms in total. The molecule has 114 valence electrons. The molecule has 3 aromatic rings. The number of rotatable bonds is 1. The summed E-state index contributed by atoms with van der Waals surface area (Å²) in [6.07, 6.45) is 0. The van der Waals surface area contributed by atoms with Gasteiger partial charge in [-0.1, -0.05) is 41.9 Å². The van der Waals surface area contributed by atoms with Gasteiger partial charge in [0, 0.05) is 23.2 Å². The molecule has 0 amide bonds. The Hall–Kier alpha value is -2.24. The molecule has 0 N–H and O–H groups in total. The smallest absolute Gasteiger partial charge is 0.202 e. The van der Waals surface area contributed by atoms with E-state index in [4.69, 9.17) is 28.8 Å². The predicted molar refractivity (Wildman–Crippen MR) is 94.2 cm³/mol. The number of hydrogen-bond donors (Lipinski definition) is 0. The lowest BCUT2D eigenvalue weighted by atomic mass is 10.0. The van der Waals surface area contributed by atoms with Crippen LogP contribution in [0.5, 0.6) is 0 Å². The van der Waals surface area contributed by atoms with Crippen LogP contribution in [0.2, 0.25) is 5.02 Å². The van der Waals surface area contributed by atoms with Crippen LogP contribution < -0.4 is 0 Å². The first kappa shape index (κ1) is 14.4. The summed E-state index contributed by atoms with van der Waals surface area (Å²) < 4.78 is 4.32. The Labute approximate surface area is 143 Å². The van der Waals surface area contributed by atoms with Crippen LogP contribution in [0.3, 0.4) is 0 Å². The third-order valence-electron chi connectivity index (χ3n) is 3.87. The monoisotopic (exact) mass is 340 g/mol. The Morgan fingerprint density at radius 3 is 2.70 bits per heavy atom. The molecule has 0 radical (unpaired) electrons. The summed E-state index contributed by atoms with van der Waals surface area (Å²) in [5.41, 5.74) is 3.89. The minimum atomic E-state index is 0.473. The van der Waals surface area contributed by atoms with E-state index in [1.54, 1.807) is 4.68 Å². The third kappa shape index (κ3) is 2.33. The number of benzene rings is 2. The molecule has 0 unspecified atom stereocenters. The van der Waals surface area contributed by atoms with E-state index in [1.165, 1.54) is 0 Å². The van der Waals surface area contributed by atoms with Gasteiger partial charge in [0.2, 0.25) is 4.77 Å². The number of aryl methyl sites for hydroxylation is 1. The van der Waals surface area contributed by atoms with Crippen molar-refractivity contribution in [2.45, 2.75) is 6.54 Å². The highest BCUT2D eigenvalue weighted by Crippen LogP contribution is 2.27. The van der Waals surface area contributed by atoms with Crippen molar-refractivity contribution < 1.29 is 0 Å². The van der Waals surface area contributed by atoms with Gasteiger partial charge < -0.3 is 0 Å². The van der Waals surface area contributed by atoms with Crippen LogP contribution >= 0.6 is 23.8 Å². The van der Waals surface area contributed by atoms with Crippen molar-refractivity contribution >= 4 is 29.5 Å². The molecule has 0 spiro atoms. The fourth-order valence-corrected chi connectivity index (χ4v) is 3.25. The van der Waals surface area contributed by atoms with Gasteiger partial charge in [-0.3, -0.25) is 9.56 Å². The lowest BCUT2D eigenvalue weighted by molar-refractivity contribution is 0.734. The molecule has 23 heavy (non-hydrogen) atoms. The fraction of sp³-hybridized carbons (Fsp3) is 0.118. The van der Waals surface area contributed by atoms with Gasteiger partial charge in [0.25, 0.3) is 0 Å². The number of aromatic nitrogens is 3. The first-order valence-electron chi connectivity index (χ1n) is 7.20. The van der Waals surface area contributed by atoms with Crippen LogP contribution in [0, 0.1) is 4.77 Å². The molecular formula is C17H13ClN4S. The van der Waals surface area contributed by atoms with E-state index < -0.39 is 0 Å². The zero-order valence-corrected chi connectivity index (χ0v) is 14.0. The number of fused-ring (bicyclic) bond motifs is 3. The zero-order valence-electron chi connectivity index (χ0n) is 12.4. The first-order valence-corrected chi connectivity index (χ1v) is 7.99. The summed E-state index contributed by atoms with van der Waals surface area (Å²) in [6.45, 7) is 0.473. The Morgan fingerprint density at radius 2 is 1.91 bits per heavy atom. The molecule has 0 atom stereocenters. The average molecular weight is 341 g/mol. The van der Waals surface area contributed by atoms with Gasteiger partial charge in [-0.15, -0.1) is 0 Å². The second kappa shape index (κ2) is 5.44. The fourth-order valence-electron chi connectivity index (χ4n) is 2.83. The molecule has 6 heteroatoms. The molecule has 1 aromatic heterocycles. The van der Waals surface area contributed by atoms with E-state index in [-0.39, 0.29) is 0 Å². The summed E-state index contributed by atoms with van der Waals surface area (Å²) in [6, 6.07) is 15.9. The lowest BCUT2D eigenvalue weighted by Gasteiger charge is -2.12. The molecule has 0 saturated heterocycles. The number of hydrogen-bond acceptors (Lipinski definition) is 3. The minimum absolute atomic E-state index is 0.473. The Kier molecular flexibility index (Phi) is 3.39. The lowest BCUT2D eigenvalue weighted by Crippen LogP contribution is -2.07. The van der Waals surface area contributed by atoms with Gasteiger partial charge in [0.15, 0.2) is 5.82 Å². The second-order valence-electron chi connectivity index (χ2n) is 5.35. The Morgan fingerprint density at radius 1 is 1.13 bits per heavy atom. The van der Waals surface area contributed by atoms with Crippen molar-refractivity contribution in [1.29, 1.82) is 0 Å². The van der Waals surface area contributed by atoms with Crippen LogP contribution in [-0.2, 0) is 13.6 Å². The van der Waals surface area contributed by atoms with E-state index >= 15 is 0 Å². The highest BCUT2D eigenvalue weighted by Gasteiger charge is 2.21. The van der Waals surface area contributed by atoms with Crippen molar-refractivity contribution in [3.05, 3.63) is 75.3 Å². The Balaban J connectivity index is 2.04. The molecule has 1 aliphatic heterocycles. The van der Waals surface area contributed by atoms with Gasteiger partial charge in [-0.25, -0.2) is 4.68 Å². The van der Waals surface area contributed by atoms with E-state index in [9.17, 15) is 0 Å². The standard InChI is InChI=1S/C17H13ClN4S/c1-21-17(23)22-14-8-7-12(18)9-13(14)16(19-10-15(22)20-21)11-5-3-2-4-6-11/h2-9H,10H2,1H3. The summed E-state index contributed by atoms with van der Waals surface area (Å²) in [7, 11) is 1.85. The van der Waals surface area contributed by atoms with E-state index in [2.05, 4.69) is 5.10 Å². The van der Waals surface area contributed by atoms with E-state index in [0.717, 1.165) is 28.4 Å². The molecule has 0 fully saturated rings. The normalized spacial score (nSPS) is 13.0. The highest BCUT2D eigenvalue weighted by atomic mass is 35.5. The van der Waals surface area contributed by atoms with Crippen LogP contribution in [0.4, 0.5) is 0 Å². The summed E-state index contributed by atoms with van der Waals surface area (Å²) in [5.74, 6) is 0.826. The maximum Gasteiger partial charge on any atom is 0.202 e. The molecule has 0 aliphatic carbocycles. The topological polar surface area (TPSA) is 35.1 Å². The summed E-state index contributed by atoms with van der Waals surface area (Å²) >= 11 is 11.8. The number of halogens is 1. The summed E-state index contributed by atoms with van der Waals surface area (Å²) in [4.78, 5) is 4.79. The van der Waals surface area contributed by atoms with Crippen molar-refractivity contribution in [1.82, 2.24) is 14.3 Å². The van der Waals surface area contributed by atoms with Crippen LogP contribution in [-0.4, -0.2) is 20.1 Å². The SMILES string of the molecule is Cn1nc2n(c1=S)-c1ccc(Cl)cc1C(c1ccccc1)=NC2. The Bertz CT molecular complexity index is 986. The third-order valence-corrected chi connectivity index (χ3v) is 4.55. The predicted octanol–water partition coefficient (Wildman–Crippen LogP) is 3.94. The number of aliphatic imine (C=N–C) groups is 1. The highest BCUT2D eigenvalue weighted by molar-refractivity contribution is 7.71.